The number of hydrogen-bond donors (Lipinski definition) is 2. The van der Waals surface area contributed by atoms with Gasteiger partial charge in [0.2, 0.25) is 5.91 Å². The predicted octanol–water partition coefficient (Wildman–Crippen LogP) is 3.11. The molecule has 2 amide bonds. The SMILES string of the molecule is O=C(NCCOCCC(=O)N1CCC2C(C1)C2C(=O)O)OCC1c2ccccc2-c2ccccc21. The van der Waals surface area contributed by atoms with E-state index in [4.69, 9.17) is 9.47 Å². The fourth-order valence-corrected chi connectivity index (χ4v) is 5.63. The average Bonchev–Trinajstić information content (AvgIpc) is 3.52. The van der Waals surface area contributed by atoms with E-state index in [0.29, 0.717) is 19.6 Å². The molecule has 3 atom stereocenters. The molecule has 1 saturated carbocycles. The number of ether oxygens (including phenoxy) is 2. The van der Waals surface area contributed by atoms with Gasteiger partial charge in [-0.1, -0.05) is 48.5 Å². The Labute approximate surface area is 204 Å². The second-order valence-electron chi connectivity index (χ2n) is 9.43. The van der Waals surface area contributed by atoms with E-state index < -0.39 is 12.1 Å². The highest BCUT2D eigenvalue weighted by atomic mass is 16.5. The first-order valence-corrected chi connectivity index (χ1v) is 12.2. The van der Waals surface area contributed by atoms with Crippen LogP contribution < -0.4 is 5.32 Å². The van der Waals surface area contributed by atoms with Crippen molar-refractivity contribution in [3.63, 3.8) is 0 Å². The topological polar surface area (TPSA) is 105 Å². The fourth-order valence-electron chi connectivity index (χ4n) is 5.63. The number of carboxylic acid groups (broad SMARTS) is 1. The minimum absolute atomic E-state index is 0.0102. The lowest BCUT2D eigenvalue weighted by molar-refractivity contribution is -0.139. The Morgan fingerprint density at radius 2 is 1.66 bits per heavy atom. The molecule has 5 rings (SSSR count). The van der Waals surface area contributed by atoms with Gasteiger partial charge in [0.15, 0.2) is 0 Å². The number of nitrogens with one attached hydrogen (secondary N) is 1. The number of aliphatic carboxylic acids is 1. The normalized spacial score (nSPS) is 22.1. The summed E-state index contributed by atoms with van der Waals surface area (Å²) in [7, 11) is 0. The van der Waals surface area contributed by atoms with Crippen LogP contribution in [-0.2, 0) is 19.1 Å². The Bertz CT molecular complexity index is 1070. The standard InChI is InChI=1S/C27H30N2O6/c30-24(29-12-9-21-22(15-29)25(21)26(31)32)10-13-34-14-11-28-27(33)35-16-23-19-7-3-1-5-17(19)18-6-2-4-8-20(18)23/h1-8,21-23,25H,9-16H2,(H,28,33)(H,31,32). The molecule has 2 aromatic rings. The number of carbonyl (C=O) groups excluding carboxylic acids is 2. The van der Waals surface area contributed by atoms with Crippen molar-refractivity contribution in [2.24, 2.45) is 17.8 Å². The Balaban J connectivity index is 0.978. The molecule has 2 aromatic carbocycles. The summed E-state index contributed by atoms with van der Waals surface area (Å²) >= 11 is 0. The number of nitrogens with zero attached hydrogens (tertiary/aromatic N) is 1. The van der Waals surface area contributed by atoms with E-state index in [1.165, 1.54) is 22.3 Å². The van der Waals surface area contributed by atoms with Gasteiger partial charge >= 0.3 is 12.1 Å². The Morgan fingerprint density at radius 3 is 2.34 bits per heavy atom. The molecule has 2 aliphatic carbocycles. The molecule has 2 N–H and O–H groups in total. The number of carbonyl (C=O) groups is 3. The lowest BCUT2D eigenvalue weighted by atomic mass is 9.98. The van der Waals surface area contributed by atoms with E-state index in [0.717, 1.165) is 6.42 Å². The number of amides is 2. The van der Waals surface area contributed by atoms with Crippen LogP contribution in [0.15, 0.2) is 48.5 Å². The number of alkyl carbamates (subject to hydrolysis) is 1. The molecule has 8 heteroatoms. The van der Waals surface area contributed by atoms with Crippen LogP contribution in [-0.4, -0.2) is 67.4 Å². The van der Waals surface area contributed by atoms with Crippen molar-refractivity contribution in [1.29, 1.82) is 0 Å². The molecule has 0 bridgehead atoms. The molecule has 3 unspecified atom stereocenters. The van der Waals surface area contributed by atoms with Crippen LogP contribution in [0.4, 0.5) is 4.79 Å². The average molecular weight is 479 g/mol. The van der Waals surface area contributed by atoms with E-state index in [1.807, 2.05) is 24.3 Å². The van der Waals surface area contributed by atoms with Crippen molar-refractivity contribution >= 4 is 18.0 Å². The van der Waals surface area contributed by atoms with E-state index in [-0.39, 0.29) is 55.8 Å². The fraction of sp³-hybridized carbons (Fsp3) is 0.444. The van der Waals surface area contributed by atoms with Crippen molar-refractivity contribution in [3.05, 3.63) is 59.7 Å². The summed E-state index contributed by atoms with van der Waals surface area (Å²) in [5.41, 5.74) is 4.70. The smallest absolute Gasteiger partial charge is 0.407 e. The molecule has 0 radical (unpaired) electrons. The number of likely N-dealkylation sites (tertiary alicyclic amines) is 1. The Kier molecular flexibility index (Phi) is 6.72. The molecule has 184 valence electrons. The highest BCUT2D eigenvalue weighted by Gasteiger charge is 2.57. The van der Waals surface area contributed by atoms with Crippen LogP contribution >= 0.6 is 0 Å². The molecular formula is C27H30N2O6. The van der Waals surface area contributed by atoms with Crippen molar-refractivity contribution in [1.82, 2.24) is 10.2 Å². The first-order chi connectivity index (χ1) is 17.0. The summed E-state index contributed by atoms with van der Waals surface area (Å²) in [4.78, 5) is 37.5. The molecular weight excluding hydrogens is 448 g/mol. The van der Waals surface area contributed by atoms with Crippen LogP contribution in [0.25, 0.3) is 11.1 Å². The Morgan fingerprint density at radius 1 is 0.971 bits per heavy atom. The van der Waals surface area contributed by atoms with Crippen LogP contribution in [0, 0.1) is 17.8 Å². The van der Waals surface area contributed by atoms with Gasteiger partial charge in [0.1, 0.15) is 6.61 Å². The number of carboxylic acids is 1. The summed E-state index contributed by atoms with van der Waals surface area (Å²) in [5.74, 6) is -0.690. The number of fused-ring (bicyclic) bond motifs is 4. The van der Waals surface area contributed by atoms with E-state index in [9.17, 15) is 19.5 Å². The molecule has 2 fully saturated rings. The molecule has 1 heterocycles. The lowest BCUT2D eigenvalue weighted by Gasteiger charge is -2.26. The molecule has 0 aromatic heterocycles. The van der Waals surface area contributed by atoms with Gasteiger partial charge in [0.25, 0.3) is 0 Å². The van der Waals surface area contributed by atoms with Gasteiger partial charge in [-0.05, 0) is 40.5 Å². The third-order valence-corrected chi connectivity index (χ3v) is 7.45. The number of rotatable bonds is 9. The van der Waals surface area contributed by atoms with Crippen LogP contribution in [0.1, 0.15) is 29.9 Å². The quantitative estimate of drug-likeness (QED) is 0.537. The second-order valence-corrected chi connectivity index (χ2v) is 9.43. The minimum Gasteiger partial charge on any atom is -0.481 e. The maximum Gasteiger partial charge on any atom is 0.407 e. The zero-order chi connectivity index (χ0) is 24.4. The molecule has 8 nitrogen and oxygen atoms in total. The predicted molar refractivity (Wildman–Crippen MR) is 128 cm³/mol. The van der Waals surface area contributed by atoms with Gasteiger partial charge in [-0.3, -0.25) is 9.59 Å². The maximum absolute atomic E-state index is 12.4. The minimum atomic E-state index is -0.749. The van der Waals surface area contributed by atoms with Crippen LogP contribution in [0.5, 0.6) is 0 Å². The number of hydrogen-bond acceptors (Lipinski definition) is 5. The molecule has 35 heavy (non-hydrogen) atoms. The van der Waals surface area contributed by atoms with Gasteiger partial charge in [0, 0.05) is 25.6 Å². The van der Waals surface area contributed by atoms with E-state index in [2.05, 4.69) is 29.6 Å². The monoisotopic (exact) mass is 478 g/mol. The highest BCUT2D eigenvalue weighted by Crippen LogP contribution is 2.51. The second kappa shape index (κ2) is 10.1. The summed E-state index contributed by atoms with van der Waals surface area (Å²) in [6.07, 6.45) is 0.519. The Hall–Kier alpha value is -3.39. The third-order valence-electron chi connectivity index (χ3n) is 7.45. The summed E-state index contributed by atoms with van der Waals surface area (Å²) in [5, 5.41) is 11.9. The molecule has 1 aliphatic heterocycles. The van der Waals surface area contributed by atoms with Crippen molar-refractivity contribution < 1.29 is 29.0 Å². The number of benzene rings is 2. The van der Waals surface area contributed by atoms with Gasteiger partial charge in [-0.15, -0.1) is 0 Å². The summed E-state index contributed by atoms with van der Waals surface area (Å²) in [6.45, 7) is 2.24. The van der Waals surface area contributed by atoms with Crippen molar-refractivity contribution in [2.45, 2.75) is 18.8 Å². The van der Waals surface area contributed by atoms with Crippen molar-refractivity contribution in [2.75, 3.05) is 39.5 Å². The van der Waals surface area contributed by atoms with Crippen molar-refractivity contribution in [3.8, 4) is 11.1 Å². The van der Waals surface area contributed by atoms with Gasteiger partial charge in [-0.2, -0.15) is 0 Å². The maximum atomic E-state index is 12.4. The van der Waals surface area contributed by atoms with Crippen LogP contribution in [0.2, 0.25) is 0 Å². The largest absolute Gasteiger partial charge is 0.481 e. The van der Waals surface area contributed by atoms with Gasteiger partial charge < -0.3 is 24.8 Å². The van der Waals surface area contributed by atoms with Gasteiger partial charge in [0.05, 0.1) is 25.6 Å². The highest BCUT2D eigenvalue weighted by molar-refractivity contribution is 5.79. The van der Waals surface area contributed by atoms with E-state index in [1.54, 1.807) is 4.90 Å². The zero-order valence-electron chi connectivity index (χ0n) is 19.5. The van der Waals surface area contributed by atoms with Gasteiger partial charge in [-0.25, -0.2) is 4.79 Å². The zero-order valence-corrected chi connectivity index (χ0v) is 19.5. The first kappa shape index (κ1) is 23.4. The lowest BCUT2D eigenvalue weighted by Crippen LogP contribution is -2.37. The van der Waals surface area contributed by atoms with E-state index >= 15 is 0 Å². The third kappa shape index (κ3) is 4.89. The molecule has 0 spiro atoms. The van der Waals surface area contributed by atoms with Crippen LogP contribution in [0.3, 0.4) is 0 Å². The summed E-state index contributed by atoms with van der Waals surface area (Å²) < 4.78 is 11.0. The summed E-state index contributed by atoms with van der Waals surface area (Å²) in [6, 6.07) is 16.4. The molecule has 1 saturated heterocycles. The first-order valence-electron chi connectivity index (χ1n) is 12.2. The molecule has 3 aliphatic rings. The number of piperidine rings is 1.